The summed E-state index contributed by atoms with van der Waals surface area (Å²) in [6, 6.07) is 16.7. The van der Waals surface area contributed by atoms with Gasteiger partial charge in [-0.05, 0) is 31.5 Å². The third kappa shape index (κ3) is 3.81. The van der Waals surface area contributed by atoms with Crippen molar-refractivity contribution in [3.63, 3.8) is 0 Å². The van der Waals surface area contributed by atoms with Gasteiger partial charge in [0.05, 0.1) is 18.4 Å². The summed E-state index contributed by atoms with van der Waals surface area (Å²) in [7, 11) is 1.55. The highest BCUT2D eigenvalue weighted by Gasteiger charge is 2.22. The zero-order valence-corrected chi connectivity index (χ0v) is 16.2. The standard InChI is InChI=1S/C22H23N3O3/c1-4-10-19(26)23-22-20(17-13-8-9-14-18(17)28-3)21(27)15(2)24-25(22)16-11-6-5-7-12-16/h5-9,11-14H,4,10H2,1-3H3,(H,23,26). The summed E-state index contributed by atoms with van der Waals surface area (Å²) in [6.07, 6.45) is 1.05. The fourth-order valence-corrected chi connectivity index (χ4v) is 3.03. The number of hydrogen-bond acceptors (Lipinski definition) is 4. The molecule has 1 aromatic heterocycles. The van der Waals surface area contributed by atoms with Crippen LogP contribution in [-0.2, 0) is 4.79 Å². The van der Waals surface area contributed by atoms with Gasteiger partial charge in [-0.25, -0.2) is 4.68 Å². The Balaban J connectivity index is 2.35. The summed E-state index contributed by atoms with van der Waals surface area (Å²) < 4.78 is 7.07. The normalized spacial score (nSPS) is 10.5. The third-order valence-corrected chi connectivity index (χ3v) is 4.37. The van der Waals surface area contributed by atoms with Gasteiger partial charge in [0.25, 0.3) is 0 Å². The molecular weight excluding hydrogens is 354 g/mol. The molecule has 1 N–H and O–H groups in total. The Morgan fingerprint density at radius 1 is 1.11 bits per heavy atom. The molecular formula is C22H23N3O3. The van der Waals surface area contributed by atoms with Crippen molar-refractivity contribution < 1.29 is 9.53 Å². The largest absolute Gasteiger partial charge is 0.496 e. The second kappa shape index (κ2) is 8.52. The molecule has 1 amide bonds. The van der Waals surface area contributed by atoms with Gasteiger partial charge in [0, 0.05) is 12.0 Å². The molecule has 144 valence electrons. The second-order valence-electron chi connectivity index (χ2n) is 6.38. The zero-order valence-electron chi connectivity index (χ0n) is 16.2. The van der Waals surface area contributed by atoms with E-state index in [9.17, 15) is 9.59 Å². The van der Waals surface area contributed by atoms with Crippen LogP contribution in [0.15, 0.2) is 59.4 Å². The van der Waals surface area contributed by atoms with E-state index in [-0.39, 0.29) is 11.3 Å². The van der Waals surface area contributed by atoms with Crippen molar-refractivity contribution in [2.75, 3.05) is 12.4 Å². The van der Waals surface area contributed by atoms with E-state index in [1.165, 1.54) is 0 Å². The van der Waals surface area contributed by atoms with E-state index in [4.69, 9.17) is 4.74 Å². The number of rotatable bonds is 6. The van der Waals surface area contributed by atoms with Gasteiger partial charge in [0.1, 0.15) is 17.3 Å². The third-order valence-electron chi connectivity index (χ3n) is 4.37. The fourth-order valence-electron chi connectivity index (χ4n) is 3.03. The smallest absolute Gasteiger partial charge is 0.225 e. The first kappa shape index (κ1) is 19.4. The van der Waals surface area contributed by atoms with Crippen LogP contribution in [-0.4, -0.2) is 22.8 Å². The summed E-state index contributed by atoms with van der Waals surface area (Å²) >= 11 is 0. The maximum atomic E-state index is 13.1. The number of nitrogens with one attached hydrogen (secondary N) is 1. The van der Waals surface area contributed by atoms with Crippen LogP contribution >= 0.6 is 0 Å². The number of hydrogen-bond donors (Lipinski definition) is 1. The lowest BCUT2D eigenvalue weighted by atomic mass is 10.0. The number of para-hydroxylation sites is 2. The monoisotopic (exact) mass is 377 g/mol. The minimum Gasteiger partial charge on any atom is -0.496 e. The van der Waals surface area contributed by atoms with Gasteiger partial charge in [-0.3, -0.25) is 9.59 Å². The molecule has 0 saturated carbocycles. The highest BCUT2D eigenvalue weighted by Crippen LogP contribution is 2.33. The molecule has 0 unspecified atom stereocenters. The van der Waals surface area contributed by atoms with Crippen molar-refractivity contribution in [2.24, 2.45) is 0 Å². The van der Waals surface area contributed by atoms with Gasteiger partial charge in [0.2, 0.25) is 11.3 Å². The Labute approximate surface area is 163 Å². The Kier molecular flexibility index (Phi) is 5.89. The molecule has 6 nitrogen and oxygen atoms in total. The van der Waals surface area contributed by atoms with Crippen LogP contribution < -0.4 is 15.5 Å². The molecule has 0 bridgehead atoms. The predicted octanol–water partition coefficient (Wildman–Crippen LogP) is 3.96. The van der Waals surface area contributed by atoms with Crippen LogP contribution in [0.4, 0.5) is 5.82 Å². The van der Waals surface area contributed by atoms with Crippen molar-refractivity contribution in [1.29, 1.82) is 0 Å². The molecule has 3 rings (SSSR count). The molecule has 0 aliphatic heterocycles. The van der Waals surface area contributed by atoms with Crippen LogP contribution in [0, 0.1) is 6.92 Å². The van der Waals surface area contributed by atoms with E-state index >= 15 is 0 Å². The van der Waals surface area contributed by atoms with Crippen LogP contribution in [0.1, 0.15) is 25.5 Å². The minimum atomic E-state index is -0.247. The summed E-state index contributed by atoms with van der Waals surface area (Å²) in [5.41, 5.74) is 1.80. The number of anilines is 1. The minimum absolute atomic E-state index is 0.173. The van der Waals surface area contributed by atoms with Gasteiger partial charge in [0.15, 0.2) is 0 Å². The van der Waals surface area contributed by atoms with Crippen LogP contribution in [0.2, 0.25) is 0 Å². The number of amides is 1. The molecule has 0 aliphatic carbocycles. The number of methoxy groups -OCH3 is 1. The fraction of sp³-hybridized carbons (Fsp3) is 0.227. The van der Waals surface area contributed by atoms with E-state index in [0.717, 1.165) is 5.69 Å². The lowest BCUT2D eigenvalue weighted by molar-refractivity contribution is -0.116. The van der Waals surface area contributed by atoms with Gasteiger partial charge >= 0.3 is 0 Å². The number of aromatic nitrogens is 2. The lowest BCUT2D eigenvalue weighted by Crippen LogP contribution is -2.24. The van der Waals surface area contributed by atoms with E-state index in [2.05, 4.69) is 10.4 Å². The summed E-state index contributed by atoms with van der Waals surface area (Å²) in [6.45, 7) is 3.59. The number of carbonyl (C=O) groups excluding carboxylic acids is 1. The molecule has 2 aromatic carbocycles. The molecule has 0 spiro atoms. The van der Waals surface area contributed by atoms with E-state index in [0.29, 0.717) is 41.2 Å². The SMILES string of the molecule is CCCC(=O)Nc1c(-c2ccccc2OC)c(=O)c(C)nn1-c1ccccc1. The highest BCUT2D eigenvalue weighted by molar-refractivity contribution is 5.95. The average molecular weight is 377 g/mol. The topological polar surface area (TPSA) is 73.2 Å². The van der Waals surface area contributed by atoms with Gasteiger partial charge < -0.3 is 10.1 Å². The van der Waals surface area contributed by atoms with E-state index < -0.39 is 0 Å². The molecule has 6 heteroatoms. The first-order chi connectivity index (χ1) is 13.6. The lowest BCUT2D eigenvalue weighted by Gasteiger charge is -2.19. The Morgan fingerprint density at radius 2 is 1.79 bits per heavy atom. The second-order valence-corrected chi connectivity index (χ2v) is 6.38. The van der Waals surface area contributed by atoms with Gasteiger partial charge in [-0.2, -0.15) is 5.10 Å². The summed E-state index contributed by atoms with van der Waals surface area (Å²) in [5, 5.41) is 7.35. The number of benzene rings is 2. The van der Waals surface area contributed by atoms with Crippen molar-refractivity contribution in [3.8, 4) is 22.6 Å². The number of aryl methyl sites for hydroxylation is 1. The summed E-state index contributed by atoms with van der Waals surface area (Å²) in [4.78, 5) is 25.5. The maximum Gasteiger partial charge on any atom is 0.225 e. The maximum absolute atomic E-state index is 13.1. The Morgan fingerprint density at radius 3 is 2.46 bits per heavy atom. The molecule has 0 saturated heterocycles. The van der Waals surface area contributed by atoms with Crippen molar-refractivity contribution in [1.82, 2.24) is 9.78 Å². The molecule has 3 aromatic rings. The quantitative estimate of drug-likeness (QED) is 0.706. The Hall–Kier alpha value is -3.41. The highest BCUT2D eigenvalue weighted by atomic mass is 16.5. The average Bonchev–Trinajstić information content (AvgIpc) is 2.71. The molecule has 1 heterocycles. The molecule has 0 radical (unpaired) electrons. The first-order valence-corrected chi connectivity index (χ1v) is 9.19. The van der Waals surface area contributed by atoms with Crippen LogP contribution in [0.3, 0.4) is 0 Å². The van der Waals surface area contributed by atoms with Crippen molar-refractivity contribution >= 4 is 11.7 Å². The van der Waals surface area contributed by atoms with Crippen LogP contribution in [0.25, 0.3) is 16.8 Å². The molecule has 0 fully saturated rings. The van der Waals surface area contributed by atoms with E-state index in [1.54, 1.807) is 30.8 Å². The van der Waals surface area contributed by atoms with Crippen molar-refractivity contribution in [2.45, 2.75) is 26.7 Å². The molecule has 0 aliphatic rings. The number of ether oxygens (including phenoxy) is 1. The van der Waals surface area contributed by atoms with Crippen molar-refractivity contribution in [3.05, 3.63) is 70.5 Å². The Bertz CT molecular complexity index is 1040. The van der Waals surface area contributed by atoms with Gasteiger partial charge in [-0.1, -0.05) is 43.3 Å². The number of nitrogens with zero attached hydrogens (tertiary/aromatic N) is 2. The predicted molar refractivity (Wildman–Crippen MR) is 110 cm³/mol. The van der Waals surface area contributed by atoms with E-state index in [1.807, 2.05) is 49.4 Å². The van der Waals surface area contributed by atoms with Gasteiger partial charge in [-0.15, -0.1) is 0 Å². The molecule has 0 atom stereocenters. The molecule has 28 heavy (non-hydrogen) atoms. The zero-order chi connectivity index (χ0) is 20.1. The van der Waals surface area contributed by atoms with Crippen LogP contribution in [0.5, 0.6) is 5.75 Å². The number of carbonyl (C=O) groups is 1. The summed E-state index contributed by atoms with van der Waals surface area (Å²) in [5.74, 6) is 0.717. The first-order valence-electron chi connectivity index (χ1n) is 9.19.